The highest BCUT2D eigenvalue weighted by atomic mass is 32.2. The van der Waals surface area contributed by atoms with E-state index in [4.69, 9.17) is 5.73 Å². The Kier molecular flexibility index (Phi) is 12.8. The second kappa shape index (κ2) is 15.5. The number of fused-ring (bicyclic) bond motifs is 1. The number of H-pyrrole nitrogens is 1. The Hall–Kier alpha value is -2.74. The number of hydrogen-bond acceptors (Lipinski definition) is 8. The Morgan fingerprint density at radius 3 is 2.16 bits per heavy atom. The van der Waals surface area contributed by atoms with E-state index in [-0.39, 0.29) is 12.8 Å². The zero-order valence-corrected chi connectivity index (χ0v) is 22.5. The average Bonchev–Trinajstić information content (AvgIpc) is 3.29. The predicted molar refractivity (Wildman–Crippen MR) is 146 cm³/mol. The van der Waals surface area contributed by atoms with Crippen LogP contribution in [0.2, 0.25) is 0 Å². The maximum Gasteiger partial charge on any atom is 0.326 e. The van der Waals surface area contributed by atoms with Gasteiger partial charge in [0.25, 0.3) is 0 Å². The first-order chi connectivity index (χ1) is 17.7. The van der Waals surface area contributed by atoms with E-state index in [9.17, 15) is 29.4 Å². The molecule has 0 aliphatic heterocycles. The molecule has 4 atom stereocenters. The molecule has 1 heterocycles. The number of carboxylic acids is 1. The number of para-hydroxylation sites is 1. The highest BCUT2D eigenvalue weighted by Crippen LogP contribution is 2.19. The zero-order valence-electron chi connectivity index (χ0n) is 20.9. The van der Waals surface area contributed by atoms with Gasteiger partial charge in [-0.25, -0.2) is 4.79 Å². The number of aliphatic hydroxyl groups is 1. The van der Waals surface area contributed by atoms with Crippen molar-refractivity contribution in [1.82, 2.24) is 20.9 Å². The predicted octanol–water partition coefficient (Wildman–Crippen LogP) is 0.0752. The van der Waals surface area contributed by atoms with Crippen LogP contribution in [0.25, 0.3) is 10.9 Å². The monoisotopic (exact) mass is 553 g/mol. The molecule has 4 unspecified atom stereocenters. The topological polar surface area (TPSA) is 187 Å². The van der Waals surface area contributed by atoms with E-state index in [1.165, 1.54) is 23.5 Å². The van der Waals surface area contributed by atoms with Crippen molar-refractivity contribution in [2.75, 3.05) is 30.6 Å². The third-order valence-electron chi connectivity index (χ3n) is 5.74. The van der Waals surface area contributed by atoms with Crippen LogP contribution in [0.15, 0.2) is 30.5 Å². The molecule has 37 heavy (non-hydrogen) atoms. The number of carboxylic acid groups (broad SMARTS) is 1. The molecule has 2 rings (SSSR count). The molecule has 204 valence electrons. The van der Waals surface area contributed by atoms with Gasteiger partial charge in [-0.3, -0.25) is 14.4 Å². The minimum Gasteiger partial charge on any atom is -0.480 e. The minimum absolute atomic E-state index is 0.0514. The lowest BCUT2D eigenvalue weighted by atomic mass is 10.0. The van der Waals surface area contributed by atoms with Gasteiger partial charge in [0.05, 0.1) is 12.6 Å². The van der Waals surface area contributed by atoms with Crippen molar-refractivity contribution >= 4 is 58.1 Å². The van der Waals surface area contributed by atoms with Crippen LogP contribution in [0.4, 0.5) is 0 Å². The number of amides is 3. The summed E-state index contributed by atoms with van der Waals surface area (Å²) in [6.07, 6.45) is 6.08. The second-order valence-corrected chi connectivity index (χ2v) is 10.4. The Labute approximate surface area is 224 Å². The molecule has 3 amide bonds. The van der Waals surface area contributed by atoms with Gasteiger partial charge in [-0.05, 0) is 48.5 Å². The second-order valence-electron chi connectivity index (χ2n) is 8.44. The molecule has 2 aromatic rings. The molecule has 13 heteroatoms. The van der Waals surface area contributed by atoms with Crippen molar-refractivity contribution in [1.29, 1.82) is 0 Å². The Morgan fingerprint density at radius 1 is 0.919 bits per heavy atom. The lowest BCUT2D eigenvalue weighted by molar-refractivity contribution is -0.142. The van der Waals surface area contributed by atoms with Crippen LogP contribution in [0.3, 0.4) is 0 Å². The van der Waals surface area contributed by atoms with Gasteiger partial charge in [-0.1, -0.05) is 18.2 Å². The number of aliphatic carboxylic acids is 1. The summed E-state index contributed by atoms with van der Waals surface area (Å²) in [5.74, 6) is -2.08. The number of carbonyl (C=O) groups excluding carboxylic acids is 3. The number of aromatic nitrogens is 1. The van der Waals surface area contributed by atoms with Crippen molar-refractivity contribution in [2.24, 2.45) is 5.73 Å². The molecule has 11 nitrogen and oxygen atoms in total. The lowest BCUT2D eigenvalue weighted by Crippen LogP contribution is -2.58. The average molecular weight is 554 g/mol. The van der Waals surface area contributed by atoms with Gasteiger partial charge in [0.2, 0.25) is 17.7 Å². The number of aliphatic hydroxyl groups excluding tert-OH is 1. The van der Waals surface area contributed by atoms with Crippen LogP contribution >= 0.6 is 23.5 Å². The van der Waals surface area contributed by atoms with Crippen LogP contribution in [0, 0.1) is 0 Å². The van der Waals surface area contributed by atoms with E-state index in [0.29, 0.717) is 17.9 Å². The zero-order chi connectivity index (χ0) is 27.4. The standard InChI is InChI=1S/C24H35N5O6S2/c1-36-9-7-16(25)21(31)29-20(13-30)23(33)28-19(22(32)27-18(24(34)35)8-10-37-2)11-14-12-26-17-6-4-3-5-15(14)17/h3-6,12,16,18-20,26,30H,7-11,13,25H2,1-2H3,(H,27,32)(H,28,33)(H,29,31)(H,34,35). The van der Waals surface area contributed by atoms with E-state index >= 15 is 0 Å². The number of thioether (sulfide) groups is 2. The Balaban J connectivity index is 2.22. The molecule has 0 radical (unpaired) electrons. The van der Waals surface area contributed by atoms with Gasteiger partial charge < -0.3 is 36.9 Å². The summed E-state index contributed by atoms with van der Waals surface area (Å²) in [7, 11) is 0. The highest BCUT2D eigenvalue weighted by Gasteiger charge is 2.30. The third-order valence-corrected chi connectivity index (χ3v) is 7.03. The van der Waals surface area contributed by atoms with Crippen molar-refractivity contribution in [3.63, 3.8) is 0 Å². The summed E-state index contributed by atoms with van der Waals surface area (Å²) in [4.78, 5) is 53.4. The highest BCUT2D eigenvalue weighted by molar-refractivity contribution is 7.98. The molecule has 0 saturated carbocycles. The van der Waals surface area contributed by atoms with E-state index in [2.05, 4.69) is 20.9 Å². The molecule has 1 aromatic carbocycles. The van der Waals surface area contributed by atoms with Gasteiger partial charge in [-0.15, -0.1) is 0 Å². The maximum atomic E-state index is 13.2. The van der Waals surface area contributed by atoms with Crippen LogP contribution < -0.4 is 21.7 Å². The van der Waals surface area contributed by atoms with Crippen LogP contribution in [-0.2, 0) is 25.6 Å². The molecule has 1 aromatic heterocycles. The fraction of sp³-hybridized carbons (Fsp3) is 0.500. The van der Waals surface area contributed by atoms with E-state index in [1.807, 2.05) is 36.8 Å². The van der Waals surface area contributed by atoms with Gasteiger partial charge >= 0.3 is 5.97 Å². The van der Waals surface area contributed by atoms with Crippen LogP contribution in [0.1, 0.15) is 18.4 Å². The molecular weight excluding hydrogens is 518 g/mol. The molecule has 8 N–H and O–H groups in total. The largest absolute Gasteiger partial charge is 0.480 e. The van der Waals surface area contributed by atoms with Crippen molar-refractivity contribution < 1.29 is 29.4 Å². The first-order valence-corrected chi connectivity index (χ1v) is 14.5. The number of carbonyl (C=O) groups is 4. The number of nitrogens with one attached hydrogen (secondary N) is 4. The van der Waals surface area contributed by atoms with Crippen molar-refractivity contribution in [2.45, 2.75) is 43.4 Å². The smallest absolute Gasteiger partial charge is 0.326 e. The third kappa shape index (κ3) is 9.26. The molecule has 0 bridgehead atoms. The van der Waals surface area contributed by atoms with Crippen molar-refractivity contribution in [3.8, 4) is 0 Å². The maximum absolute atomic E-state index is 13.2. The molecule has 0 aliphatic rings. The number of hydrogen-bond donors (Lipinski definition) is 7. The summed E-state index contributed by atoms with van der Waals surface area (Å²) in [6.45, 7) is -0.709. The van der Waals surface area contributed by atoms with Crippen LogP contribution in [0.5, 0.6) is 0 Å². The number of rotatable bonds is 16. The number of benzene rings is 1. The first kappa shape index (κ1) is 30.5. The summed E-state index contributed by atoms with van der Waals surface area (Å²) in [6, 6.07) is 2.94. The molecule has 0 saturated heterocycles. The Morgan fingerprint density at radius 2 is 1.51 bits per heavy atom. The molecule has 0 spiro atoms. The van der Waals surface area contributed by atoms with Gasteiger partial charge in [0.1, 0.15) is 18.1 Å². The van der Waals surface area contributed by atoms with E-state index in [0.717, 1.165) is 16.5 Å². The molecule has 0 aliphatic carbocycles. The van der Waals surface area contributed by atoms with E-state index < -0.39 is 54.5 Å². The lowest BCUT2D eigenvalue weighted by Gasteiger charge is -2.24. The number of nitrogens with two attached hydrogens (primary N) is 1. The summed E-state index contributed by atoms with van der Waals surface area (Å²) >= 11 is 2.98. The summed E-state index contributed by atoms with van der Waals surface area (Å²) < 4.78 is 0. The summed E-state index contributed by atoms with van der Waals surface area (Å²) in [5, 5.41) is 27.7. The number of aromatic amines is 1. The van der Waals surface area contributed by atoms with Gasteiger partial charge in [0.15, 0.2) is 0 Å². The SMILES string of the molecule is CSCCC(N)C(=O)NC(CO)C(=O)NC(Cc1c[nH]c2ccccc12)C(=O)NC(CCSC)C(=O)O. The van der Waals surface area contributed by atoms with Crippen molar-refractivity contribution in [3.05, 3.63) is 36.0 Å². The first-order valence-electron chi connectivity index (χ1n) is 11.7. The van der Waals surface area contributed by atoms with Crippen LogP contribution in [-0.4, -0.2) is 93.7 Å². The van der Waals surface area contributed by atoms with Gasteiger partial charge in [0, 0.05) is 23.5 Å². The fourth-order valence-corrected chi connectivity index (χ4v) is 4.58. The quantitative estimate of drug-likeness (QED) is 0.151. The normalized spacial score (nSPS) is 14.4. The minimum atomic E-state index is -1.34. The van der Waals surface area contributed by atoms with Gasteiger partial charge in [-0.2, -0.15) is 23.5 Å². The molecular formula is C24H35N5O6S2. The van der Waals surface area contributed by atoms with E-state index in [1.54, 1.807) is 6.20 Å². The molecule has 0 fully saturated rings. The Bertz CT molecular complexity index is 1070. The fourth-order valence-electron chi connectivity index (χ4n) is 3.62. The summed E-state index contributed by atoms with van der Waals surface area (Å²) in [5.41, 5.74) is 7.43.